The molecule has 29 heavy (non-hydrogen) atoms. The van der Waals surface area contributed by atoms with Crippen LogP contribution in [0, 0.1) is 0 Å². The molecule has 0 aliphatic carbocycles. The maximum Gasteiger partial charge on any atom is 0.325 e. The van der Waals surface area contributed by atoms with Gasteiger partial charge in [-0.1, -0.05) is 36.4 Å². The summed E-state index contributed by atoms with van der Waals surface area (Å²) in [5.41, 5.74) is 1.74. The number of nitrogens with one attached hydrogen (secondary N) is 2. The van der Waals surface area contributed by atoms with Crippen LogP contribution in [0.4, 0.5) is 4.79 Å². The Hall–Kier alpha value is -3.55. The Kier molecular flexibility index (Phi) is 6.33. The lowest BCUT2D eigenvalue weighted by molar-refractivity contribution is -0.132. The number of amides is 4. The van der Waals surface area contributed by atoms with Gasteiger partial charge in [0, 0.05) is 13.0 Å². The number of urea groups is 1. The van der Waals surface area contributed by atoms with Gasteiger partial charge in [0.25, 0.3) is 5.91 Å². The molecular formula is C21H23N3O5. The molecule has 1 saturated heterocycles. The first-order chi connectivity index (χ1) is 14.0. The molecular weight excluding hydrogens is 374 g/mol. The summed E-state index contributed by atoms with van der Waals surface area (Å²) in [6.45, 7) is -0.0977. The molecule has 0 radical (unpaired) electrons. The number of nitrogens with zero attached hydrogens (tertiary/aromatic N) is 1. The van der Waals surface area contributed by atoms with Crippen molar-refractivity contribution in [2.75, 3.05) is 20.8 Å². The fourth-order valence-electron chi connectivity index (χ4n) is 3.11. The van der Waals surface area contributed by atoms with Crippen LogP contribution < -0.4 is 20.1 Å². The molecule has 1 aliphatic rings. The SMILES string of the molecule is COc1ccc(CNC(=O)CN2C(=O)N[C@@H](Cc3ccccc3)C2=O)cc1OC. The van der Waals surface area contributed by atoms with Crippen molar-refractivity contribution in [3.05, 3.63) is 59.7 Å². The standard InChI is InChI=1S/C21H23N3O5/c1-28-17-9-8-15(11-18(17)29-2)12-22-19(25)13-24-20(26)16(23-21(24)27)10-14-6-4-3-5-7-14/h3-9,11,16H,10,12-13H2,1-2H3,(H,22,25)(H,23,27)/t16-/m0/s1. The molecule has 0 aromatic heterocycles. The van der Waals surface area contributed by atoms with Crippen molar-refractivity contribution in [2.24, 2.45) is 0 Å². The molecule has 8 heteroatoms. The van der Waals surface area contributed by atoms with Gasteiger partial charge in [-0.25, -0.2) is 4.79 Å². The average molecular weight is 397 g/mol. The summed E-state index contributed by atoms with van der Waals surface area (Å²) >= 11 is 0. The number of imide groups is 1. The van der Waals surface area contributed by atoms with E-state index in [-0.39, 0.29) is 13.1 Å². The van der Waals surface area contributed by atoms with Crippen molar-refractivity contribution in [1.82, 2.24) is 15.5 Å². The molecule has 1 aliphatic heterocycles. The highest BCUT2D eigenvalue weighted by atomic mass is 16.5. The molecule has 0 spiro atoms. The van der Waals surface area contributed by atoms with Gasteiger partial charge in [0.1, 0.15) is 12.6 Å². The predicted molar refractivity (Wildman–Crippen MR) is 106 cm³/mol. The van der Waals surface area contributed by atoms with Crippen LogP contribution in [0.2, 0.25) is 0 Å². The molecule has 0 bridgehead atoms. The highest BCUT2D eigenvalue weighted by Crippen LogP contribution is 2.27. The Morgan fingerprint density at radius 3 is 2.45 bits per heavy atom. The molecule has 2 N–H and O–H groups in total. The third kappa shape index (κ3) is 4.84. The number of hydrogen-bond acceptors (Lipinski definition) is 5. The van der Waals surface area contributed by atoms with Gasteiger partial charge in [-0.3, -0.25) is 14.5 Å². The van der Waals surface area contributed by atoms with E-state index in [0.717, 1.165) is 16.0 Å². The van der Waals surface area contributed by atoms with Crippen LogP contribution in [-0.2, 0) is 22.6 Å². The van der Waals surface area contributed by atoms with E-state index < -0.39 is 23.9 Å². The monoisotopic (exact) mass is 397 g/mol. The van der Waals surface area contributed by atoms with Crippen LogP contribution in [-0.4, -0.2) is 49.6 Å². The number of carbonyl (C=O) groups excluding carboxylic acids is 3. The summed E-state index contributed by atoms with van der Waals surface area (Å²) in [6.07, 6.45) is 0.384. The summed E-state index contributed by atoms with van der Waals surface area (Å²) < 4.78 is 10.4. The van der Waals surface area contributed by atoms with E-state index >= 15 is 0 Å². The van der Waals surface area contributed by atoms with E-state index in [2.05, 4.69) is 10.6 Å². The molecule has 3 rings (SSSR count). The molecule has 0 saturated carbocycles. The van der Waals surface area contributed by atoms with Gasteiger partial charge in [-0.05, 0) is 23.3 Å². The second kappa shape index (κ2) is 9.09. The first kappa shape index (κ1) is 20.2. The van der Waals surface area contributed by atoms with E-state index in [1.807, 2.05) is 30.3 Å². The largest absolute Gasteiger partial charge is 0.493 e. The topological polar surface area (TPSA) is 97.0 Å². The van der Waals surface area contributed by atoms with Gasteiger partial charge in [-0.2, -0.15) is 0 Å². The summed E-state index contributed by atoms with van der Waals surface area (Å²) in [5.74, 6) is 0.312. The van der Waals surface area contributed by atoms with Gasteiger partial charge in [-0.15, -0.1) is 0 Å². The van der Waals surface area contributed by atoms with E-state index in [9.17, 15) is 14.4 Å². The normalized spacial score (nSPS) is 15.8. The molecule has 2 aromatic rings. The molecule has 8 nitrogen and oxygen atoms in total. The first-order valence-corrected chi connectivity index (χ1v) is 9.15. The number of hydrogen-bond donors (Lipinski definition) is 2. The van der Waals surface area contributed by atoms with Crippen LogP contribution in [0.5, 0.6) is 11.5 Å². The van der Waals surface area contributed by atoms with Crippen LogP contribution in [0.25, 0.3) is 0 Å². The molecule has 2 aromatic carbocycles. The number of methoxy groups -OCH3 is 2. The fraction of sp³-hybridized carbons (Fsp3) is 0.286. The lowest BCUT2D eigenvalue weighted by Gasteiger charge is -2.14. The van der Waals surface area contributed by atoms with Gasteiger partial charge in [0.2, 0.25) is 5.91 Å². The first-order valence-electron chi connectivity index (χ1n) is 9.15. The summed E-state index contributed by atoms with van der Waals surface area (Å²) in [5, 5.41) is 5.35. The van der Waals surface area contributed by atoms with Crippen LogP contribution in [0.15, 0.2) is 48.5 Å². The maximum absolute atomic E-state index is 12.5. The minimum atomic E-state index is -0.663. The highest BCUT2D eigenvalue weighted by molar-refractivity contribution is 6.06. The predicted octanol–water partition coefficient (Wildman–Crippen LogP) is 1.48. The van der Waals surface area contributed by atoms with E-state index in [0.29, 0.717) is 17.9 Å². The molecule has 1 fully saturated rings. The second-order valence-corrected chi connectivity index (χ2v) is 6.58. The number of benzene rings is 2. The maximum atomic E-state index is 12.5. The molecule has 152 valence electrons. The second-order valence-electron chi connectivity index (χ2n) is 6.58. The Morgan fingerprint density at radius 2 is 1.76 bits per heavy atom. The van der Waals surface area contributed by atoms with Crippen molar-refractivity contribution in [3.63, 3.8) is 0 Å². The highest BCUT2D eigenvalue weighted by Gasteiger charge is 2.38. The molecule has 0 unspecified atom stereocenters. The lowest BCUT2D eigenvalue weighted by Crippen LogP contribution is -2.41. The lowest BCUT2D eigenvalue weighted by atomic mass is 10.1. The van der Waals surface area contributed by atoms with E-state index in [1.54, 1.807) is 25.3 Å². The zero-order valence-electron chi connectivity index (χ0n) is 16.3. The van der Waals surface area contributed by atoms with Gasteiger partial charge in [0.15, 0.2) is 11.5 Å². The van der Waals surface area contributed by atoms with Crippen LogP contribution >= 0.6 is 0 Å². The molecule has 1 heterocycles. The van der Waals surface area contributed by atoms with Gasteiger partial charge >= 0.3 is 6.03 Å². The number of carbonyl (C=O) groups is 3. The van der Waals surface area contributed by atoms with Crippen molar-refractivity contribution in [1.29, 1.82) is 0 Å². The zero-order chi connectivity index (χ0) is 20.8. The number of rotatable bonds is 8. The van der Waals surface area contributed by atoms with E-state index in [4.69, 9.17) is 9.47 Å². The van der Waals surface area contributed by atoms with Crippen molar-refractivity contribution < 1.29 is 23.9 Å². The third-order valence-electron chi connectivity index (χ3n) is 4.63. The Morgan fingerprint density at radius 1 is 1.03 bits per heavy atom. The third-order valence-corrected chi connectivity index (χ3v) is 4.63. The minimum Gasteiger partial charge on any atom is -0.493 e. The molecule has 4 amide bonds. The Bertz CT molecular complexity index is 900. The Balaban J connectivity index is 1.55. The number of ether oxygens (including phenoxy) is 2. The van der Waals surface area contributed by atoms with Gasteiger partial charge in [0.05, 0.1) is 14.2 Å². The molecule has 1 atom stereocenters. The van der Waals surface area contributed by atoms with Crippen molar-refractivity contribution >= 4 is 17.8 Å². The minimum absolute atomic E-state index is 0.232. The average Bonchev–Trinajstić information content (AvgIpc) is 3.00. The van der Waals surface area contributed by atoms with Crippen molar-refractivity contribution in [3.8, 4) is 11.5 Å². The smallest absolute Gasteiger partial charge is 0.325 e. The van der Waals surface area contributed by atoms with Crippen LogP contribution in [0.1, 0.15) is 11.1 Å². The summed E-state index contributed by atoms with van der Waals surface area (Å²) in [7, 11) is 3.08. The fourth-order valence-corrected chi connectivity index (χ4v) is 3.11. The van der Waals surface area contributed by atoms with Crippen molar-refractivity contribution in [2.45, 2.75) is 19.0 Å². The summed E-state index contributed by atoms with van der Waals surface area (Å²) in [4.78, 5) is 37.9. The van der Waals surface area contributed by atoms with Crippen LogP contribution in [0.3, 0.4) is 0 Å². The quantitative estimate of drug-likeness (QED) is 0.658. The summed E-state index contributed by atoms with van der Waals surface area (Å²) in [6, 6.07) is 13.5. The van der Waals surface area contributed by atoms with E-state index in [1.165, 1.54) is 7.11 Å². The zero-order valence-corrected chi connectivity index (χ0v) is 16.3. The van der Waals surface area contributed by atoms with Gasteiger partial charge < -0.3 is 20.1 Å². The Labute approximate surface area is 168 Å².